The molecule has 27 heavy (non-hydrogen) atoms. The summed E-state index contributed by atoms with van der Waals surface area (Å²) in [6.45, 7) is 0.0591. The van der Waals surface area contributed by atoms with E-state index in [1.807, 2.05) is 12.1 Å². The van der Waals surface area contributed by atoms with Crippen molar-refractivity contribution in [3.05, 3.63) is 86.9 Å². The number of fused-ring (bicyclic) bond motifs is 1. The van der Waals surface area contributed by atoms with Gasteiger partial charge in [-0.3, -0.25) is 19.3 Å². The number of hydrogen-bond acceptors (Lipinski definition) is 4. The maximum Gasteiger partial charge on any atom is 0.261 e. The summed E-state index contributed by atoms with van der Waals surface area (Å²) in [5.41, 5.74) is 1.48. The Kier molecular flexibility index (Phi) is 4.53. The highest BCUT2D eigenvalue weighted by Crippen LogP contribution is 2.26. The Morgan fingerprint density at radius 2 is 1.74 bits per heavy atom. The van der Waals surface area contributed by atoms with Crippen LogP contribution in [0.2, 0.25) is 0 Å². The Morgan fingerprint density at radius 3 is 2.44 bits per heavy atom. The van der Waals surface area contributed by atoms with Gasteiger partial charge in [-0.2, -0.15) is 0 Å². The molecule has 3 aromatic rings. The van der Waals surface area contributed by atoms with Gasteiger partial charge in [-0.15, -0.1) is 0 Å². The minimum atomic E-state index is -0.435. The van der Waals surface area contributed by atoms with E-state index < -0.39 is 11.8 Å². The molecule has 2 aromatic carbocycles. The van der Waals surface area contributed by atoms with Gasteiger partial charge in [0.25, 0.3) is 17.7 Å². The number of amides is 3. The van der Waals surface area contributed by atoms with Crippen molar-refractivity contribution in [2.75, 3.05) is 5.32 Å². The highest BCUT2D eigenvalue weighted by atomic mass is 127. The molecule has 134 valence electrons. The first-order valence-corrected chi connectivity index (χ1v) is 9.20. The van der Waals surface area contributed by atoms with Gasteiger partial charge in [0.1, 0.15) is 5.76 Å². The average Bonchev–Trinajstić information content (AvgIpc) is 3.26. The molecule has 6 nitrogen and oxygen atoms in total. The minimum absolute atomic E-state index is 0.0591. The second-order valence-electron chi connectivity index (χ2n) is 6.00. The summed E-state index contributed by atoms with van der Waals surface area (Å²) >= 11 is 2.18. The van der Waals surface area contributed by atoms with Crippen molar-refractivity contribution < 1.29 is 18.8 Å². The molecule has 3 amide bonds. The van der Waals surface area contributed by atoms with Gasteiger partial charge in [0.05, 0.1) is 23.9 Å². The van der Waals surface area contributed by atoms with Gasteiger partial charge in [0.2, 0.25) is 0 Å². The van der Waals surface area contributed by atoms with Crippen molar-refractivity contribution >= 4 is 46.0 Å². The molecule has 0 fully saturated rings. The Labute approximate surface area is 168 Å². The van der Waals surface area contributed by atoms with Crippen LogP contribution in [0.1, 0.15) is 36.8 Å². The number of carbonyl (C=O) groups is 3. The van der Waals surface area contributed by atoms with Gasteiger partial charge in [0.15, 0.2) is 0 Å². The second kappa shape index (κ2) is 6.99. The summed E-state index contributed by atoms with van der Waals surface area (Å²) in [7, 11) is 0. The SMILES string of the molecule is O=C(Nc1ccc(I)cc1)c1ccc2c(c1)C(=O)N(Cc1ccco1)C2=O. The van der Waals surface area contributed by atoms with Crippen LogP contribution in [-0.4, -0.2) is 22.6 Å². The molecule has 2 heterocycles. The van der Waals surface area contributed by atoms with E-state index in [1.165, 1.54) is 18.4 Å². The molecular formula is C20H13IN2O4. The summed E-state index contributed by atoms with van der Waals surface area (Å²) in [6, 6.07) is 15.3. The molecule has 0 radical (unpaired) electrons. The van der Waals surface area contributed by atoms with Crippen LogP contribution in [0.5, 0.6) is 0 Å². The number of rotatable bonds is 4. The van der Waals surface area contributed by atoms with Gasteiger partial charge >= 0.3 is 0 Å². The Hall–Kier alpha value is -2.94. The summed E-state index contributed by atoms with van der Waals surface area (Å²) in [5, 5.41) is 2.78. The lowest BCUT2D eigenvalue weighted by atomic mass is 10.1. The first-order chi connectivity index (χ1) is 13.0. The normalized spacial score (nSPS) is 13.0. The molecule has 0 spiro atoms. The van der Waals surface area contributed by atoms with Crippen LogP contribution in [0.4, 0.5) is 5.69 Å². The summed E-state index contributed by atoms with van der Waals surface area (Å²) < 4.78 is 6.28. The molecule has 0 bridgehead atoms. The van der Waals surface area contributed by atoms with E-state index in [1.54, 1.807) is 30.3 Å². The highest BCUT2D eigenvalue weighted by molar-refractivity contribution is 14.1. The zero-order valence-electron chi connectivity index (χ0n) is 13.9. The van der Waals surface area contributed by atoms with Gasteiger partial charge < -0.3 is 9.73 Å². The average molecular weight is 472 g/mol. The number of imide groups is 1. The Morgan fingerprint density at radius 1 is 1.00 bits per heavy atom. The fraction of sp³-hybridized carbons (Fsp3) is 0.0500. The first kappa shape index (κ1) is 17.5. The standard InChI is InChI=1S/C20H13IN2O4/c21-13-4-6-14(7-5-13)22-18(24)12-3-8-16-17(10-12)20(26)23(19(16)25)11-15-2-1-9-27-15/h1-10H,11H2,(H,22,24). The number of nitrogens with one attached hydrogen (secondary N) is 1. The topological polar surface area (TPSA) is 79.6 Å². The molecule has 0 unspecified atom stereocenters. The van der Waals surface area contributed by atoms with Crippen LogP contribution in [0.15, 0.2) is 65.3 Å². The first-order valence-electron chi connectivity index (χ1n) is 8.12. The molecule has 0 saturated carbocycles. The van der Waals surface area contributed by atoms with Crippen LogP contribution in [0, 0.1) is 3.57 Å². The zero-order chi connectivity index (χ0) is 19.0. The maximum absolute atomic E-state index is 12.6. The van der Waals surface area contributed by atoms with Crippen LogP contribution in [0.3, 0.4) is 0 Å². The van der Waals surface area contributed by atoms with Crippen LogP contribution >= 0.6 is 22.6 Å². The minimum Gasteiger partial charge on any atom is -0.467 e. The Balaban J connectivity index is 1.57. The van der Waals surface area contributed by atoms with E-state index in [0.29, 0.717) is 17.0 Å². The number of anilines is 1. The van der Waals surface area contributed by atoms with Crippen LogP contribution < -0.4 is 5.32 Å². The van der Waals surface area contributed by atoms with Gasteiger partial charge in [-0.25, -0.2) is 0 Å². The fourth-order valence-electron chi connectivity index (χ4n) is 2.87. The molecule has 1 aromatic heterocycles. The molecule has 4 rings (SSSR count). The smallest absolute Gasteiger partial charge is 0.261 e. The predicted molar refractivity (Wildman–Crippen MR) is 106 cm³/mol. The molecule has 0 saturated heterocycles. The lowest BCUT2D eigenvalue weighted by molar-refractivity contribution is 0.0631. The quantitative estimate of drug-likeness (QED) is 0.461. The third kappa shape index (κ3) is 3.37. The van der Waals surface area contributed by atoms with Gasteiger partial charge in [-0.05, 0) is 77.2 Å². The van der Waals surface area contributed by atoms with Crippen molar-refractivity contribution in [2.45, 2.75) is 6.54 Å². The van der Waals surface area contributed by atoms with Crippen molar-refractivity contribution in [3.8, 4) is 0 Å². The van der Waals surface area contributed by atoms with Crippen LogP contribution in [0.25, 0.3) is 0 Å². The van der Waals surface area contributed by atoms with E-state index in [2.05, 4.69) is 27.9 Å². The maximum atomic E-state index is 12.6. The number of nitrogens with zero attached hydrogens (tertiary/aromatic N) is 1. The van der Waals surface area contributed by atoms with E-state index >= 15 is 0 Å². The van der Waals surface area contributed by atoms with Gasteiger partial charge in [-0.1, -0.05) is 0 Å². The van der Waals surface area contributed by atoms with Crippen molar-refractivity contribution in [1.82, 2.24) is 4.90 Å². The fourth-order valence-corrected chi connectivity index (χ4v) is 3.23. The summed E-state index contributed by atoms with van der Waals surface area (Å²) in [6.07, 6.45) is 1.49. The summed E-state index contributed by atoms with van der Waals surface area (Å²) in [5.74, 6) is -0.656. The number of halogens is 1. The molecule has 7 heteroatoms. The van der Waals surface area contributed by atoms with E-state index in [9.17, 15) is 14.4 Å². The van der Waals surface area contributed by atoms with Gasteiger partial charge in [0, 0.05) is 14.8 Å². The molecule has 1 N–H and O–H groups in total. The molecule has 0 aliphatic carbocycles. The van der Waals surface area contributed by atoms with Crippen LogP contribution in [-0.2, 0) is 6.54 Å². The van der Waals surface area contributed by atoms with Crippen molar-refractivity contribution in [2.24, 2.45) is 0 Å². The second-order valence-corrected chi connectivity index (χ2v) is 7.24. The third-order valence-electron chi connectivity index (χ3n) is 4.23. The largest absolute Gasteiger partial charge is 0.467 e. The molecule has 1 aliphatic rings. The van der Waals surface area contributed by atoms with Crippen molar-refractivity contribution in [1.29, 1.82) is 0 Å². The molecular weight excluding hydrogens is 459 g/mol. The predicted octanol–water partition coefficient (Wildman–Crippen LogP) is 3.93. The van der Waals surface area contributed by atoms with E-state index in [4.69, 9.17) is 4.42 Å². The van der Waals surface area contributed by atoms with Crippen molar-refractivity contribution in [3.63, 3.8) is 0 Å². The van der Waals surface area contributed by atoms with E-state index in [-0.39, 0.29) is 23.6 Å². The molecule has 0 atom stereocenters. The number of benzene rings is 2. The number of hydrogen-bond donors (Lipinski definition) is 1. The molecule has 1 aliphatic heterocycles. The monoisotopic (exact) mass is 472 g/mol. The highest BCUT2D eigenvalue weighted by Gasteiger charge is 2.36. The lowest BCUT2D eigenvalue weighted by Gasteiger charge is -2.11. The van der Waals surface area contributed by atoms with E-state index in [0.717, 1.165) is 8.47 Å². The lowest BCUT2D eigenvalue weighted by Crippen LogP contribution is -2.28. The zero-order valence-corrected chi connectivity index (χ0v) is 16.1. The number of carbonyl (C=O) groups excluding carboxylic acids is 3. The summed E-state index contributed by atoms with van der Waals surface area (Å²) in [4.78, 5) is 38.7. The number of furan rings is 1. The third-order valence-corrected chi connectivity index (χ3v) is 4.95. The Bertz CT molecular complexity index is 1040.